The molecule has 2 aromatic heterocycles. The lowest BCUT2D eigenvalue weighted by Crippen LogP contribution is -2.46. The average molecular weight is 363 g/mol. The lowest BCUT2D eigenvalue weighted by atomic mass is 10.2. The van der Waals surface area contributed by atoms with Crippen LogP contribution in [0, 0.1) is 20.8 Å². The van der Waals surface area contributed by atoms with Crippen LogP contribution in [0.4, 0.5) is 5.82 Å². The number of nitrogens with zero attached hydrogens (tertiary/aromatic N) is 5. The zero-order valence-corrected chi connectivity index (χ0v) is 16.1. The van der Waals surface area contributed by atoms with Crippen LogP contribution in [-0.2, 0) is 6.54 Å². The smallest absolute Gasteiger partial charge is 0.226 e. The molecule has 4 rings (SSSR count). The average Bonchev–Trinajstić information content (AvgIpc) is 3.03. The van der Waals surface area contributed by atoms with Crippen LogP contribution in [0.5, 0.6) is 0 Å². The van der Waals surface area contributed by atoms with Crippen molar-refractivity contribution in [3.63, 3.8) is 0 Å². The summed E-state index contributed by atoms with van der Waals surface area (Å²) in [7, 11) is 0. The summed E-state index contributed by atoms with van der Waals surface area (Å²) in [5, 5.41) is 0. The quantitative estimate of drug-likeness (QED) is 0.708. The summed E-state index contributed by atoms with van der Waals surface area (Å²) in [4.78, 5) is 18.5. The molecule has 27 heavy (non-hydrogen) atoms. The second kappa shape index (κ2) is 7.48. The fraction of sp³-hybridized carbons (Fsp3) is 0.381. The predicted molar refractivity (Wildman–Crippen MR) is 106 cm³/mol. The predicted octanol–water partition coefficient (Wildman–Crippen LogP) is 3.38. The fourth-order valence-corrected chi connectivity index (χ4v) is 3.49. The molecule has 0 unspecified atom stereocenters. The number of aryl methyl sites for hydroxylation is 3. The molecule has 0 bridgehead atoms. The summed E-state index contributed by atoms with van der Waals surface area (Å²) >= 11 is 0. The summed E-state index contributed by atoms with van der Waals surface area (Å²) in [5.41, 5.74) is 3.06. The van der Waals surface area contributed by atoms with E-state index in [4.69, 9.17) is 9.40 Å². The van der Waals surface area contributed by atoms with E-state index in [1.807, 2.05) is 51.1 Å². The van der Waals surface area contributed by atoms with Crippen LogP contribution in [0.2, 0.25) is 0 Å². The highest BCUT2D eigenvalue weighted by atomic mass is 16.4. The van der Waals surface area contributed by atoms with Gasteiger partial charge in [-0.15, -0.1) is 0 Å². The van der Waals surface area contributed by atoms with E-state index in [0.29, 0.717) is 5.89 Å². The van der Waals surface area contributed by atoms with E-state index < -0.39 is 0 Å². The molecular weight excluding hydrogens is 338 g/mol. The van der Waals surface area contributed by atoms with Crippen molar-refractivity contribution in [3.8, 4) is 11.5 Å². The summed E-state index contributed by atoms with van der Waals surface area (Å²) in [6.07, 6.45) is 0. The third-order valence-electron chi connectivity index (χ3n) is 4.94. The van der Waals surface area contributed by atoms with E-state index in [9.17, 15) is 0 Å². The third-order valence-corrected chi connectivity index (χ3v) is 4.94. The highest BCUT2D eigenvalue weighted by Crippen LogP contribution is 2.23. The van der Waals surface area contributed by atoms with Crippen molar-refractivity contribution in [3.05, 3.63) is 59.4 Å². The number of anilines is 1. The van der Waals surface area contributed by atoms with Crippen molar-refractivity contribution in [2.75, 3.05) is 31.1 Å². The Kier molecular flexibility index (Phi) is 4.90. The molecule has 6 nitrogen and oxygen atoms in total. The van der Waals surface area contributed by atoms with E-state index in [2.05, 4.69) is 25.8 Å². The number of hydrogen-bond acceptors (Lipinski definition) is 6. The minimum atomic E-state index is 0.702. The minimum Gasteiger partial charge on any atom is -0.441 e. The Morgan fingerprint density at radius 2 is 1.67 bits per heavy atom. The maximum absolute atomic E-state index is 5.89. The Hall–Kier alpha value is -2.73. The lowest BCUT2D eigenvalue weighted by Gasteiger charge is -2.35. The summed E-state index contributed by atoms with van der Waals surface area (Å²) < 4.78 is 5.89. The van der Waals surface area contributed by atoms with Crippen LogP contribution in [-0.4, -0.2) is 46.0 Å². The van der Waals surface area contributed by atoms with Crippen LogP contribution >= 0.6 is 0 Å². The number of rotatable bonds is 4. The molecule has 6 heteroatoms. The molecule has 0 N–H and O–H groups in total. The summed E-state index contributed by atoms with van der Waals surface area (Å²) in [6.45, 7) is 10.7. The first-order chi connectivity index (χ1) is 13.1. The van der Waals surface area contributed by atoms with Crippen LogP contribution in [0.1, 0.15) is 23.0 Å². The van der Waals surface area contributed by atoms with Crippen LogP contribution in [0.25, 0.3) is 11.5 Å². The topological polar surface area (TPSA) is 58.3 Å². The Morgan fingerprint density at radius 1 is 0.926 bits per heavy atom. The SMILES string of the molecule is Cc1cc(N2CCN(Cc3nc(-c4ccccc4)oc3C)CC2)nc(C)n1. The second-order valence-electron chi connectivity index (χ2n) is 7.07. The molecule has 3 heterocycles. The first-order valence-corrected chi connectivity index (χ1v) is 9.40. The maximum Gasteiger partial charge on any atom is 0.226 e. The Labute approximate surface area is 159 Å². The zero-order chi connectivity index (χ0) is 18.8. The fourth-order valence-electron chi connectivity index (χ4n) is 3.49. The minimum absolute atomic E-state index is 0.702. The molecule has 1 fully saturated rings. The Morgan fingerprint density at radius 3 is 2.37 bits per heavy atom. The van der Waals surface area contributed by atoms with Crippen LogP contribution < -0.4 is 4.90 Å². The van der Waals surface area contributed by atoms with Crippen LogP contribution in [0.15, 0.2) is 40.8 Å². The van der Waals surface area contributed by atoms with Gasteiger partial charge in [-0.1, -0.05) is 18.2 Å². The third kappa shape index (κ3) is 4.01. The first-order valence-electron chi connectivity index (χ1n) is 9.40. The van der Waals surface area contributed by atoms with Gasteiger partial charge in [-0.25, -0.2) is 15.0 Å². The molecule has 0 aliphatic carbocycles. The highest BCUT2D eigenvalue weighted by Gasteiger charge is 2.21. The van der Waals surface area contributed by atoms with E-state index in [0.717, 1.165) is 67.1 Å². The molecule has 0 amide bonds. The number of benzene rings is 1. The molecule has 0 saturated carbocycles. The van der Waals surface area contributed by atoms with Gasteiger partial charge in [0.15, 0.2) is 0 Å². The van der Waals surface area contributed by atoms with Gasteiger partial charge >= 0.3 is 0 Å². The molecule has 0 spiro atoms. The molecule has 1 saturated heterocycles. The summed E-state index contributed by atoms with van der Waals surface area (Å²) in [6, 6.07) is 12.1. The maximum atomic E-state index is 5.89. The molecule has 0 atom stereocenters. The molecule has 3 aromatic rings. The van der Waals surface area contributed by atoms with Crippen molar-refractivity contribution in [2.45, 2.75) is 27.3 Å². The van der Waals surface area contributed by atoms with Gasteiger partial charge < -0.3 is 9.32 Å². The normalized spacial score (nSPS) is 15.3. The van der Waals surface area contributed by atoms with Gasteiger partial charge in [0.05, 0.1) is 5.69 Å². The van der Waals surface area contributed by atoms with Gasteiger partial charge in [0, 0.05) is 50.0 Å². The number of aromatic nitrogens is 3. The zero-order valence-electron chi connectivity index (χ0n) is 16.1. The largest absolute Gasteiger partial charge is 0.441 e. The van der Waals surface area contributed by atoms with Gasteiger partial charge in [-0.2, -0.15) is 0 Å². The van der Waals surface area contributed by atoms with Crippen molar-refractivity contribution < 1.29 is 4.42 Å². The van der Waals surface area contributed by atoms with Gasteiger partial charge in [0.2, 0.25) is 5.89 Å². The highest BCUT2D eigenvalue weighted by molar-refractivity contribution is 5.53. The van der Waals surface area contributed by atoms with E-state index in [-0.39, 0.29) is 0 Å². The van der Waals surface area contributed by atoms with Crippen LogP contribution in [0.3, 0.4) is 0 Å². The summed E-state index contributed by atoms with van der Waals surface area (Å²) in [5.74, 6) is 3.47. The van der Waals surface area contributed by atoms with Gasteiger partial charge in [0.1, 0.15) is 17.4 Å². The molecule has 0 radical (unpaired) electrons. The lowest BCUT2D eigenvalue weighted by molar-refractivity contribution is 0.245. The molecule has 1 aromatic carbocycles. The molecule has 140 valence electrons. The second-order valence-corrected chi connectivity index (χ2v) is 7.07. The number of hydrogen-bond donors (Lipinski definition) is 0. The van der Waals surface area contributed by atoms with Crippen molar-refractivity contribution in [1.82, 2.24) is 19.9 Å². The molecule has 1 aliphatic rings. The monoisotopic (exact) mass is 363 g/mol. The van der Waals surface area contributed by atoms with Crippen molar-refractivity contribution >= 4 is 5.82 Å². The van der Waals surface area contributed by atoms with E-state index in [1.54, 1.807) is 0 Å². The Balaban J connectivity index is 1.40. The van der Waals surface area contributed by atoms with Gasteiger partial charge in [0.25, 0.3) is 0 Å². The number of piperazine rings is 1. The van der Waals surface area contributed by atoms with E-state index >= 15 is 0 Å². The Bertz CT molecular complexity index is 893. The first kappa shape index (κ1) is 17.7. The van der Waals surface area contributed by atoms with Crippen molar-refractivity contribution in [1.29, 1.82) is 0 Å². The van der Waals surface area contributed by atoms with Crippen molar-refractivity contribution in [2.24, 2.45) is 0 Å². The molecular formula is C21H25N5O. The number of oxazole rings is 1. The molecule has 1 aliphatic heterocycles. The van der Waals surface area contributed by atoms with Gasteiger partial charge in [-0.05, 0) is 32.9 Å². The standard InChI is InChI=1S/C21H25N5O/c1-15-13-20(23-17(3)22-15)26-11-9-25(10-12-26)14-19-16(2)27-21(24-19)18-7-5-4-6-8-18/h4-8,13H,9-12,14H2,1-3H3. The van der Waals surface area contributed by atoms with E-state index in [1.165, 1.54) is 0 Å². The van der Waals surface area contributed by atoms with Gasteiger partial charge in [-0.3, -0.25) is 4.90 Å².